The highest BCUT2D eigenvalue weighted by molar-refractivity contribution is 6.30. The molecule has 1 N–H and O–H groups in total. The second-order valence-corrected chi connectivity index (χ2v) is 5.02. The molecular formula is C14H17ClN2O2. The number of ether oxygens (including phenoxy) is 1. The number of hydrogen-bond acceptors (Lipinski definition) is 3. The molecule has 1 aliphatic rings. The number of nitrogens with zero attached hydrogens (tertiary/aromatic N) is 1. The van der Waals surface area contributed by atoms with Gasteiger partial charge in [-0.2, -0.15) is 0 Å². The summed E-state index contributed by atoms with van der Waals surface area (Å²) in [6.07, 6.45) is 2.62. The van der Waals surface area contributed by atoms with Gasteiger partial charge in [0.2, 0.25) is 0 Å². The van der Waals surface area contributed by atoms with Crippen LogP contribution in [0, 0.1) is 0 Å². The van der Waals surface area contributed by atoms with E-state index in [9.17, 15) is 4.79 Å². The summed E-state index contributed by atoms with van der Waals surface area (Å²) in [5.41, 5.74) is 1.84. The lowest BCUT2D eigenvalue weighted by Crippen LogP contribution is -2.26. The Bertz CT molecular complexity index is 471. The van der Waals surface area contributed by atoms with E-state index < -0.39 is 6.09 Å². The fourth-order valence-electron chi connectivity index (χ4n) is 1.79. The molecule has 0 radical (unpaired) electrons. The summed E-state index contributed by atoms with van der Waals surface area (Å²) in [6, 6.07) is 6.91. The van der Waals surface area contributed by atoms with Crippen LogP contribution in [0.5, 0.6) is 0 Å². The van der Waals surface area contributed by atoms with Crippen LogP contribution in [0.1, 0.15) is 6.42 Å². The number of hydrogen-bond donors (Lipinski definition) is 1. The Hall–Kier alpha value is -1.52. The molecule has 0 saturated carbocycles. The lowest BCUT2D eigenvalue weighted by molar-refractivity contribution is 0.169. The number of benzene rings is 1. The topological polar surface area (TPSA) is 41.6 Å². The van der Waals surface area contributed by atoms with Crippen molar-refractivity contribution < 1.29 is 9.53 Å². The largest absolute Gasteiger partial charge is 0.445 e. The third kappa shape index (κ3) is 4.58. The van der Waals surface area contributed by atoms with Crippen molar-refractivity contribution in [2.75, 3.05) is 32.1 Å². The van der Waals surface area contributed by atoms with Crippen LogP contribution in [0.4, 0.5) is 10.5 Å². The summed E-state index contributed by atoms with van der Waals surface area (Å²) in [6.45, 7) is 2.28. The van der Waals surface area contributed by atoms with Gasteiger partial charge in [-0.25, -0.2) is 4.79 Å². The molecule has 1 aromatic carbocycles. The number of nitrogens with one attached hydrogen (secondary N) is 1. The fraction of sp³-hybridized carbons (Fsp3) is 0.357. The van der Waals surface area contributed by atoms with Gasteiger partial charge in [0.25, 0.3) is 0 Å². The molecule has 1 aromatic rings. The predicted molar refractivity (Wildman–Crippen MR) is 76.6 cm³/mol. The van der Waals surface area contributed by atoms with E-state index in [1.165, 1.54) is 5.57 Å². The summed E-state index contributed by atoms with van der Waals surface area (Å²) in [5.74, 6) is 0. The lowest BCUT2D eigenvalue weighted by Gasteiger charge is -2.21. The molecule has 0 bridgehead atoms. The average Bonchev–Trinajstić information content (AvgIpc) is 2.41. The smallest absolute Gasteiger partial charge is 0.411 e. The number of halogens is 1. The molecule has 0 aliphatic carbocycles. The van der Waals surface area contributed by atoms with Crippen LogP contribution in [0.3, 0.4) is 0 Å². The van der Waals surface area contributed by atoms with E-state index in [0.29, 0.717) is 17.3 Å². The Morgan fingerprint density at radius 1 is 1.42 bits per heavy atom. The second kappa shape index (κ2) is 6.59. The van der Waals surface area contributed by atoms with Gasteiger partial charge in [0, 0.05) is 23.8 Å². The van der Waals surface area contributed by atoms with Gasteiger partial charge in [-0.3, -0.25) is 5.32 Å². The van der Waals surface area contributed by atoms with Crippen molar-refractivity contribution in [3.8, 4) is 0 Å². The van der Waals surface area contributed by atoms with Crippen LogP contribution >= 0.6 is 11.6 Å². The number of carbonyl (C=O) groups excluding carboxylic acids is 1. The first-order valence-corrected chi connectivity index (χ1v) is 6.57. The van der Waals surface area contributed by atoms with E-state index in [1.54, 1.807) is 24.3 Å². The van der Waals surface area contributed by atoms with E-state index in [0.717, 1.165) is 19.5 Å². The van der Waals surface area contributed by atoms with Crippen LogP contribution in [0.2, 0.25) is 5.02 Å². The molecule has 102 valence electrons. The van der Waals surface area contributed by atoms with Crippen LogP contribution in [0.15, 0.2) is 35.9 Å². The molecule has 19 heavy (non-hydrogen) atoms. The van der Waals surface area contributed by atoms with Gasteiger partial charge in [-0.05, 0) is 43.3 Å². The third-order valence-corrected chi connectivity index (χ3v) is 3.24. The molecule has 0 spiro atoms. The number of rotatable bonds is 3. The summed E-state index contributed by atoms with van der Waals surface area (Å²) >= 11 is 5.77. The van der Waals surface area contributed by atoms with E-state index in [4.69, 9.17) is 16.3 Å². The fourth-order valence-corrected chi connectivity index (χ4v) is 1.92. The molecule has 1 heterocycles. The van der Waals surface area contributed by atoms with Crippen molar-refractivity contribution in [1.29, 1.82) is 0 Å². The van der Waals surface area contributed by atoms with Crippen molar-refractivity contribution in [3.63, 3.8) is 0 Å². The SMILES string of the molecule is CN1CC=C(COC(=O)Nc2ccc(Cl)cc2)CC1. The first-order valence-electron chi connectivity index (χ1n) is 6.19. The molecule has 0 atom stereocenters. The normalized spacial score (nSPS) is 15.8. The Morgan fingerprint density at radius 2 is 2.16 bits per heavy atom. The number of amides is 1. The van der Waals surface area contributed by atoms with Gasteiger partial charge >= 0.3 is 6.09 Å². The molecule has 1 amide bonds. The molecule has 4 nitrogen and oxygen atoms in total. The molecule has 0 saturated heterocycles. The quantitative estimate of drug-likeness (QED) is 0.865. The average molecular weight is 281 g/mol. The highest BCUT2D eigenvalue weighted by atomic mass is 35.5. The molecule has 5 heteroatoms. The Labute approximate surface area is 118 Å². The highest BCUT2D eigenvalue weighted by Gasteiger charge is 2.10. The summed E-state index contributed by atoms with van der Waals surface area (Å²) in [4.78, 5) is 13.8. The van der Waals surface area contributed by atoms with Gasteiger partial charge in [0.1, 0.15) is 6.61 Å². The molecule has 2 rings (SSSR count). The maximum Gasteiger partial charge on any atom is 0.411 e. The van der Waals surface area contributed by atoms with Crippen molar-refractivity contribution >= 4 is 23.4 Å². The zero-order valence-corrected chi connectivity index (χ0v) is 11.6. The van der Waals surface area contributed by atoms with Crippen LogP contribution in [-0.2, 0) is 4.74 Å². The highest BCUT2D eigenvalue weighted by Crippen LogP contribution is 2.14. The van der Waals surface area contributed by atoms with Gasteiger partial charge in [0.05, 0.1) is 0 Å². The summed E-state index contributed by atoms with van der Waals surface area (Å²) < 4.78 is 5.18. The van der Waals surface area contributed by atoms with E-state index >= 15 is 0 Å². The third-order valence-electron chi connectivity index (χ3n) is 2.99. The van der Waals surface area contributed by atoms with Crippen LogP contribution in [0.25, 0.3) is 0 Å². The van der Waals surface area contributed by atoms with Gasteiger partial charge < -0.3 is 9.64 Å². The minimum absolute atomic E-state index is 0.354. The monoisotopic (exact) mass is 280 g/mol. The van der Waals surface area contributed by atoms with Crippen LogP contribution < -0.4 is 5.32 Å². The molecule has 0 unspecified atom stereocenters. The minimum atomic E-state index is -0.442. The van der Waals surface area contributed by atoms with Crippen molar-refractivity contribution in [2.45, 2.75) is 6.42 Å². The summed E-state index contributed by atoms with van der Waals surface area (Å²) in [5, 5.41) is 3.29. The van der Waals surface area contributed by atoms with Crippen molar-refractivity contribution in [2.24, 2.45) is 0 Å². The van der Waals surface area contributed by atoms with E-state index in [1.807, 2.05) is 0 Å². The number of carbonyl (C=O) groups is 1. The first-order chi connectivity index (χ1) is 9.13. The molecule has 1 aliphatic heterocycles. The Kier molecular flexibility index (Phi) is 4.82. The standard InChI is InChI=1S/C14H17ClN2O2/c1-17-8-6-11(7-9-17)10-19-14(18)16-13-4-2-12(15)3-5-13/h2-6H,7-10H2,1H3,(H,16,18). The number of likely N-dealkylation sites (N-methyl/N-ethyl adjacent to an activating group) is 1. The first kappa shape index (κ1) is 13.9. The van der Waals surface area contributed by atoms with E-state index in [-0.39, 0.29) is 0 Å². The van der Waals surface area contributed by atoms with Crippen molar-refractivity contribution in [1.82, 2.24) is 4.90 Å². The van der Waals surface area contributed by atoms with Gasteiger partial charge in [-0.1, -0.05) is 17.7 Å². The van der Waals surface area contributed by atoms with Crippen LogP contribution in [-0.4, -0.2) is 37.7 Å². The predicted octanol–water partition coefficient (Wildman–Crippen LogP) is 3.15. The lowest BCUT2D eigenvalue weighted by atomic mass is 10.1. The Balaban J connectivity index is 1.77. The summed E-state index contributed by atoms with van der Waals surface area (Å²) in [7, 11) is 2.07. The number of anilines is 1. The molecule has 0 fully saturated rings. The Morgan fingerprint density at radius 3 is 2.79 bits per heavy atom. The maximum absolute atomic E-state index is 11.6. The zero-order valence-electron chi connectivity index (χ0n) is 10.9. The molecule has 0 aromatic heterocycles. The maximum atomic E-state index is 11.6. The second-order valence-electron chi connectivity index (χ2n) is 4.58. The minimum Gasteiger partial charge on any atom is -0.445 e. The van der Waals surface area contributed by atoms with Gasteiger partial charge in [-0.15, -0.1) is 0 Å². The van der Waals surface area contributed by atoms with E-state index in [2.05, 4.69) is 23.3 Å². The van der Waals surface area contributed by atoms with Crippen molar-refractivity contribution in [3.05, 3.63) is 40.9 Å². The molecular weight excluding hydrogens is 264 g/mol. The zero-order chi connectivity index (χ0) is 13.7. The van der Waals surface area contributed by atoms with Gasteiger partial charge in [0.15, 0.2) is 0 Å².